The summed E-state index contributed by atoms with van der Waals surface area (Å²) in [6.45, 7) is 0.180. The number of sulfonamides is 1. The first-order valence-electron chi connectivity index (χ1n) is 11.0. The highest BCUT2D eigenvalue weighted by atomic mass is 32.2. The van der Waals surface area contributed by atoms with Crippen molar-refractivity contribution in [1.82, 2.24) is 19.7 Å². The van der Waals surface area contributed by atoms with Gasteiger partial charge in [-0.2, -0.15) is 0 Å². The van der Waals surface area contributed by atoms with Gasteiger partial charge in [0.25, 0.3) is 0 Å². The van der Waals surface area contributed by atoms with Gasteiger partial charge in [0, 0.05) is 12.1 Å². The third-order valence-electron chi connectivity index (χ3n) is 5.84. The van der Waals surface area contributed by atoms with Crippen LogP contribution in [0.2, 0.25) is 0 Å². The van der Waals surface area contributed by atoms with E-state index in [1.807, 2.05) is 0 Å². The Hall–Kier alpha value is -2.86. The zero-order chi connectivity index (χ0) is 24.1. The van der Waals surface area contributed by atoms with Gasteiger partial charge in [0.05, 0.1) is 43.1 Å². The van der Waals surface area contributed by atoms with Crippen molar-refractivity contribution in [3.8, 4) is 17.0 Å². The molecule has 34 heavy (non-hydrogen) atoms. The van der Waals surface area contributed by atoms with Crippen LogP contribution in [0.3, 0.4) is 0 Å². The number of aliphatic hydroxyl groups excluding tert-OH is 1. The van der Waals surface area contributed by atoms with Crippen molar-refractivity contribution in [3.63, 3.8) is 0 Å². The molecule has 0 spiro atoms. The van der Waals surface area contributed by atoms with Crippen LogP contribution in [0, 0.1) is 5.82 Å². The summed E-state index contributed by atoms with van der Waals surface area (Å²) in [5, 5.41) is 17.9. The summed E-state index contributed by atoms with van der Waals surface area (Å²) < 4.78 is 54.8. The molecule has 3 aromatic rings. The number of halogens is 1. The lowest BCUT2D eigenvalue weighted by Crippen LogP contribution is -2.50. The van der Waals surface area contributed by atoms with Gasteiger partial charge in [-0.05, 0) is 55.7 Å². The second kappa shape index (κ2) is 10.6. The fraction of sp³-hybridized carbons (Fsp3) is 0.391. The van der Waals surface area contributed by atoms with Gasteiger partial charge in [0.15, 0.2) is 0 Å². The standard InChI is InChI=1S/C23H27FN4O5S/c1-32-16-6-9-18(10-7-16)34(30,31)26-21-11-8-17(33-23(21)15-29)12-13-28-14-22(25-27-28)19-4-2-3-5-20(19)24/h2-7,9-10,14,17,21,23,26,29H,8,11-13,15H2,1H3/t17-,21-,23-/m1/s1. The molecule has 11 heteroatoms. The van der Waals surface area contributed by atoms with E-state index in [1.54, 1.807) is 41.2 Å². The van der Waals surface area contributed by atoms with E-state index in [2.05, 4.69) is 15.0 Å². The third-order valence-corrected chi connectivity index (χ3v) is 7.35. The monoisotopic (exact) mass is 490 g/mol. The van der Waals surface area contributed by atoms with Gasteiger partial charge >= 0.3 is 0 Å². The Balaban J connectivity index is 1.33. The van der Waals surface area contributed by atoms with Gasteiger partial charge in [-0.1, -0.05) is 17.3 Å². The lowest BCUT2D eigenvalue weighted by molar-refractivity contribution is -0.0891. The number of nitrogens with zero attached hydrogens (tertiary/aromatic N) is 3. The zero-order valence-electron chi connectivity index (χ0n) is 18.7. The number of hydrogen-bond acceptors (Lipinski definition) is 7. The van der Waals surface area contributed by atoms with Crippen molar-refractivity contribution in [3.05, 3.63) is 60.5 Å². The molecule has 4 rings (SSSR count). The SMILES string of the molecule is COc1ccc(S(=O)(=O)N[C@@H]2CC[C@H](CCn3cc(-c4ccccc4F)nn3)O[C@@H]2CO)cc1. The molecular formula is C23H27FN4O5S. The summed E-state index contributed by atoms with van der Waals surface area (Å²) in [7, 11) is -2.27. The highest BCUT2D eigenvalue weighted by Gasteiger charge is 2.34. The van der Waals surface area contributed by atoms with Crippen molar-refractivity contribution in [2.24, 2.45) is 0 Å². The number of ether oxygens (including phenoxy) is 2. The number of methoxy groups -OCH3 is 1. The highest BCUT2D eigenvalue weighted by molar-refractivity contribution is 7.89. The molecule has 2 heterocycles. The second-order valence-electron chi connectivity index (χ2n) is 8.10. The Morgan fingerprint density at radius 3 is 2.68 bits per heavy atom. The fourth-order valence-corrected chi connectivity index (χ4v) is 5.28. The first-order valence-corrected chi connectivity index (χ1v) is 12.5. The average molecular weight is 491 g/mol. The predicted octanol–water partition coefficient (Wildman–Crippen LogP) is 2.37. The summed E-state index contributed by atoms with van der Waals surface area (Å²) in [6, 6.07) is 11.9. The number of aryl methyl sites for hydroxylation is 1. The normalized spacial score (nSPS) is 20.9. The van der Waals surface area contributed by atoms with Gasteiger partial charge in [0.2, 0.25) is 10.0 Å². The van der Waals surface area contributed by atoms with Crippen molar-refractivity contribution >= 4 is 10.0 Å². The quantitative estimate of drug-likeness (QED) is 0.473. The van der Waals surface area contributed by atoms with Crippen LogP contribution in [0.15, 0.2) is 59.6 Å². The molecule has 0 aliphatic carbocycles. The molecular weight excluding hydrogens is 463 g/mol. The molecule has 1 fully saturated rings. The van der Waals surface area contributed by atoms with Crippen LogP contribution in [0.25, 0.3) is 11.3 Å². The number of rotatable bonds is 9. The maximum atomic E-state index is 14.0. The van der Waals surface area contributed by atoms with Gasteiger partial charge in [-0.3, -0.25) is 4.68 Å². The van der Waals surface area contributed by atoms with Gasteiger partial charge in [-0.25, -0.2) is 17.5 Å². The molecule has 182 valence electrons. The molecule has 0 saturated carbocycles. The number of aromatic nitrogens is 3. The van der Waals surface area contributed by atoms with Crippen molar-refractivity contribution in [2.45, 2.75) is 49.0 Å². The molecule has 1 aromatic heterocycles. The minimum absolute atomic E-state index is 0.115. The van der Waals surface area contributed by atoms with Gasteiger partial charge in [-0.15, -0.1) is 5.10 Å². The van der Waals surface area contributed by atoms with Crippen LogP contribution in [0.1, 0.15) is 19.3 Å². The van der Waals surface area contributed by atoms with E-state index >= 15 is 0 Å². The van der Waals surface area contributed by atoms with Crippen molar-refractivity contribution < 1.29 is 27.4 Å². The maximum absolute atomic E-state index is 14.0. The molecule has 2 N–H and O–H groups in total. The van der Waals surface area contributed by atoms with E-state index in [1.165, 1.54) is 25.3 Å². The minimum atomic E-state index is -3.78. The van der Waals surface area contributed by atoms with E-state index in [0.29, 0.717) is 42.8 Å². The molecule has 0 bridgehead atoms. The van der Waals surface area contributed by atoms with Crippen LogP contribution in [-0.2, 0) is 21.3 Å². The lowest BCUT2D eigenvalue weighted by atomic mass is 9.98. The summed E-state index contributed by atoms with van der Waals surface area (Å²) in [4.78, 5) is 0.115. The zero-order valence-corrected chi connectivity index (χ0v) is 19.5. The molecule has 0 amide bonds. The molecule has 0 radical (unpaired) electrons. The summed E-state index contributed by atoms with van der Waals surface area (Å²) in [5.41, 5.74) is 0.832. The first kappa shape index (κ1) is 24.3. The van der Waals surface area contributed by atoms with Crippen LogP contribution >= 0.6 is 0 Å². The average Bonchev–Trinajstić information content (AvgIpc) is 3.32. The highest BCUT2D eigenvalue weighted by Crippen LogP contribution is 2.25. The van der Waals surface area contributed by atoms with E-state index in [4.69, 9.17) is 9.47 Å². The minimum Gasteiger partial charge on any atom is -0.497 e. The first-order chi connectivity index (χ1) is 16.4. The van der Waals surface area contributed by atoms with Gasteiger partial charge < -0.3 is 14.6 Å². The van der Waals surface area contributed by atoms with E-state index in [-0.39, 0.29) is 23.4 Å². The number of nitrogens with one attached hydrogen (secondary N) is 1. The number of aliphatic hydroxyl groups is 1. The summed E-state index contributed by atoms with van der Waals surface area (Å²) in [6.07, 6.45) is 2.55. The molecule has 1 saturated heterocycles. The molecule has 1 aliphatic rings. The van der Waals surface area contributed by atoms with Crippen LogP contribution in [0.4, 0.5) is 4.39 Å². The largest absolute Gasteiger partial charge is 0.497 e. The summed E-state index contributed by atoms with van der Waals surface area (Å²) >= 11 is 0. The Bertz CT molecular complexity index is 1200. The predicted molar refractivity (Wildman–Crippen MR) is 122 cm³/mol. The third kappa shape index (κ3) is 5.61. The Labute approximate surface area is 197 Å². The molecule has 0 unspecified atom stereocenters. The van der Waals surface area contributed by atoms with E-state index in [9.17, 15) is 17.9 Å². The topological polar surface area (TPSA) is 116 Å². The molecule has 3 atom stereocenters. The molecule has 9 nitrogen and oxygen atoms in total. The van der Waals surface area contributed by atoms with E-state index in [0.717, 1.165) is 0 Å². The van der Waals surface area contributed by atoms with E-state index < -0.39 is 22.2 Å². The van der Waals surface area contributed by atoms with Gasteiger partial charge in [0.1, 0.15) is 17.3 Å². The second-order valence-corrected chi connectivity index (χ2v) is 9.81. The van der Waals surface area contributed by atoms with Crippen molar-refractivity contribution in [1.29, 1.82) is 0 Å². The number of benzene rings is 2. The Morgan fingerprint density at radius 1 is 1.21 bits per heavy atom. The van der Waals surface area contributed by atoms with Crippen LogP contribution in [-0.4, -0.2) is 60.5 Å². The number of hydrogen-bond donors (Lipinski definition) is 2. The fourth-order valence-electron chi connectivity index (χ4n) is 3.98. The molecule has 1 aliphatic heterocycles. The van der Waals surface area contributed by atoms with Crippen LogP contribution in [0.5, 0.6) is 5.75 Å². The molecule has 2 aromatic carbocycles. The summed E-state index contributed by atoms with van der Waals surface area (Å²) in [5.74, 6) is 0.198. The smallest absolute Gasteiger partial charge is 0.240 e. The van der Waals surface area contributed by atoms with Crippen molar-refractivity contribution in [2.75, 3.05) is 13.7 Å². The maximum Gasteiger partial charge on any atom is 0.240 e. The lowest BCUT2D eigenvalue weighted by Gasteiger charge is -2.36. The Morgan fingerprint density at radius 2 is 1.97 bits per heavy atom. The Kier molecular flexibility index (Phi) is 7.57. The van der Waals surface area contributed by atoms with Crippen LogP contribution < -0.4 is 9.46 Å².